The zero-order valence-electron chi connectivity index (χ0n) is 15.0. The molecule has 26 heavy (non-hydrogen) atoms. The molecule has 1 aromatic rings. The quantitative estimate of drug-likeness (QED) is 0.514. The monoisotopic (exact) mass is 370 g/mol. The van der Waals surface area contributed by atoms with Crippen molar-refractivity contribution in [1.29, 1.82) is 0 Å². The van der Waals surface area contributed by atoms with Gasteiger partial charge >= 0.3 is 6.36 Å². The zero-order valence-corrected chi connectivity index (χ0v) is 15.0. The molecule has 0 amide bonds. The number of rotatable bonds is 9. The minimum absolute atomic E-state index is 0.109. The molecule has 0 aromatic heterocycles. The Bertz CT molecular complexity index is 632. The Morgan fingerprint density at radius 3 is 2.42 bits per heavy atom. The predicted octanol–water partition coefficient (Wildman–Crippen LogP) is 5.81. The SMILES string of the molecule is Cc1c(OC/C=C/C2CCC2)ccc(OCCC2CC2)c1OC(F)(F)F. The van der Waals surface area contributed by atoms with Crippen molar-refractivity contribution >= 4 is 0 Å². The number of hydrogen-bond acceptors (Lipinski definition) is 3. The number of hydrogen-bond donors (Lipinski definition) is 0. The maximum absolute atomic E-state index is 12.8. The second-order valence-corrected chi connectivity index (χ2v) is 7.07. The smallest absolute Gasteiger partial charge is 0.490 e. The molecule has 2 aliphatic carbocycles. The molecule has 0 aliphatic heterocycles. The van der Waals surface area contributed by atoms with Crippen LogP contribution in [0.25, 0.3) is 0 Å². The Labute approximate surface area is 152 Å². The molecule has 2 aliphatic rings. The highest BCUT2D eigenvalue weighted by Crippen LogP contribution is 2.41. The molecule has 3 rings (SSSR count). The van der Waals surface area contributed by atoms with E-state index in [1.807, 2.05) is 6.08 Å². The fourth-order valence-corrected chi connectivity index (χ4v) is 2.92. The summed E-state index contributed by atoms with van der Waals surface area (Å²) in [4.78, 5) is 0. The van der Waals surface area contributed by atoms with Gasteiger partial charge in [-0.15, -0.1) is 13.2 Å². The highest BCUT2D eigenvalue weighted by Gasteiger charge is 2.34. The third-order valence-corrected chi connectivity index (χ3v) is 4.91. The summed E-state index contributed by atoms with van der Waals surface area (Å²) in [5.41, 5.74) is 0.295. The summed E-state index contributed by atoms with van der Waals surface area (Å²) in [5.74, 6) is 1.43. The van der Waals surface area contributed by atoms with Crippen LogP contribution in [-0.4, -0.2) is 19.6 Å². The molecule has 144 valence electrons. The Kier molecular flexibility index (Phi) is 5.99. The largest absolute Gasteiger partial charge is 0.573 e. The molecule has 0 unspecified atom stereocenters. The van der Waals surface area contributed by atoms with Crippen LogP contribution < -0.4 is 14.2 Å². The summed E-state index contributed by atoms with van der Waals surface area (Å²) < 4.78 is 53.8. The van der Waals surface area contributed by atoms with Gasteiger partial charge in [0.1, 0.15) is 12.4 Å². The van der Waals surface area contributed by atoms with Crippen molar-refractivity contribution in [2.75, 3.05) is 13.2 Å². The normalized spacial score (nSPS) is 18.0. The van der Waals surface area contributed by atoms with E-state index in [0.29, 0.717) is 36.4 Å². The summed E-state index contributed by atoms with van der Waals surface area (Å²) in [5, 5.41) is 0. The van der Waals surface area contributed by atoms with E-state index in [1.165, 1.54) is 38.2 Å². The first-order chi connectivity index (χ1) is 12.4. The van der Waals surface area contributed by atoms with Gasteiger partial charge in [-0.1, -0.05) is 31.4 Å². The van der Waals surface area contributed by atoms with Gasteiger partial charge in [0, 0.05) is 5.56 Å². The van der Waals surface area contributed by atoms with E-state index in [0.717, 1.165) is 6.42 Å². The zero-order chi connectivity index (χ0) is 18.6. The highest BCUT2D eigenvalue weighted by atomic mass is 19.4. The van der Waals surface area contributed by atoms with Crippen LogP contribution in [0.3, 0.4) is 0 Å². The molecule has 0 bridgehead atoms. The standard InChI is InChI=1S/C20H25F3O3/c1-14-17(24-12-3-6-15-4-2-5-15)9-10-18(19(14)26-20(21,22)23)25-13-11-16-7-8-16/h3,6,9-10,15-16H,2,4-5,7-8,11-13H2,1H3/b6-3+. The van der Waals surface area contributed by atoms with Gasteiger partial charge in [-0.05, 0) is 50.2 Å². The van der Waals surface area contributed by atoms with Gasteiger partial charge < -0.3 is 14.2 Å². The van der Waals surface area contributed by atoms with Crippen molar-refractivity contribution < 1.29 is 27.4 Å². The van der Waals surface area contributed by atoms with Gasteiger partial charge in [0.2, 0.25) is 0 Å². The molecule has 0 atom stereocenters. The van der Waals surface area contributed by atoms with Crippen LogP contribution in [-0.2, 0) is 0 Å². The molecule has 2 fully saturated rings. The molecule has 2 saturated carbocycles. The van der Waals surface area contributed by atoms with Crippen molar-refractivity contribution in [1.82, 2.24) is 0 Å². The van der Waals surface area contributed by atoms with Crippen LogP contribution in [0.5, 0.6) is 17.2 Å². The molecule has 3 nitrogen and oxygen atoms in total. The van der Waals surface area contributed by atoms with Crippen LogP contribution >= 0.6 is 0 Å². The van der Waals surface area contributed by atoms with E-state index < -0.39 is 6.36 Å². The first-order valence-electron chi connectivity index (χ1n) is 9.24. The Morgan fingerprint density at radius 1 is 1.08 bits per heavy atom. The highest BCUT2D eigenvalue weighted by molar-refractivity contribution is 5.53. The first-order valence-corrected chi connectivity index (χ1v) is 9.24. The van der Waals surface area contributed by atoms with Crippen LogP contribution in [0.2, 0.25) is 0 Å². The second kappa shape index (κ2) is 8.23. The Hall–Kier alpha value is -1.85. The van der Waals surface area contributed by atoms with E-state index in [-0.39, 0.29) is 11.5 Å². The molecule has 6 heteroatoms. The molecule has 0 N–H and O–H groups in total. The van der Waals surface area contributed by atoms with E-state index in [9.17, 15) is 13.2 Å². The number of benzene rings is 1. The van der Waals surface area contributed by atoms with Crippen LogP contribution in [0.4, 0.5) is 13.2 Å². The third-order valence-electron chi connectivity index (χ3n) is 4.91. The average Bonchev–Trinajstić information content (AvgIpc) is 3.33. The molecule has 0 spiro atoms. The lowest BCUT2D eigenvalue weighted by molar-refractivity contribution is -0.275. The minimum Gasteiger partial charge on any atom is -0.490 e. The van der Waals surface area contributed by atoms with Crippen molar-refractivity contribution in [2.24, 2.45) is 11.8 Å². The van der Waals surface area contributed by atoms with Crippen molar-refractivity contribution in [3.8, 4) is 17.2 Å². The Balaban J connectivity index is 1.65. The molecular weight excluding hydrogens is 345 g/mol. The molecular formula is C20H25F3O3. The van der Waals surface area contributed by atoms with Gasteiger partial charge in [-0.25, -0.2) is 0 Å². The molecule has 0 saturated heterocycles. The molecule has 0 heterocycles. The van der Waals surface area contributed by atoms with Gasteiger partial charge in [-0.2, -0.15) is 0 Å². The van der Waals surface area contributed by atoms with Crippen molar-refractivity contribution in [3.05, 3.63) is 29.8 Å². The van der Waals surface area contributed by atoms with Gasteiger partial charge in [-0.3, -0.25) is 0 Å². The fourth-order valence-electron chi connectivity index (χ4n) is 2.92. The van der Waals surface area contributed by atoms with Crippen LogP contribution in [0.15, 0.2) is 24.3 Å². The fraction of sp³-hybridized carbons (Fsp3) is 0.600. The molecule has 0 radical (unpaired) electrons. The number of halogens is 3. The summed E-state index contributed by atoms with van der Waals surface area (Å²) in [7, 11) is 0. The number of alkyl halides is 3. The van der Waals surface area contributed by atoms with Crippen LogP contribution in [0, 0.1) is 18.8 Å². The summed E-state index contributed by atoms with van der Waals surface area (Å²) in [6.45, 7) is 2.27. The third kappa shape index (κ3) is 5.58. The van der Waals surface area contributed by atoms with Gasteiger partial charge in [0.15, 0.2) is 11.5 Å². The van der Waals surface area contributed by atoms with E-state index >= 15 is 0 Å². The number of allylic oxidation sites excluding steroid dienone is 1. The minimum atomic E-state index is -4.78. The lowest BCUT2D eigenvalue weighted by Gasteiger charge is -2.21. The predicted molar refractivity (Wildman–Crippen MR) is 92.7 cm³/mol. The van der Waals surface area contributed by atoms with Crippen LogP contribution in [0.1, 0.15) is 44.1 Å². The summed E-state index contributed by atoms with van der Waals surface area (Å²) in [6.07, 6.45) is 6.13. The second-order valence-electron chi connectivity index (χ2n) is 7.07. The van der Waals surface area contributed by atoms with E-state index in [2.05, 4.69) is 10.8 Å². The maximum atomic E-state index is 12.8. The lowest BCUT2D eigenvalue weighted by atomic mass is 9.85. The van der Waals surface area contributed by atoms with E-state index in [4.69, 9.17) is 9.47 Å². The molecule has 1 aromatic carbocycles. The van der Waals surface area contributed by atoms with Crippen molar-refractivity contribution in [3.63, 3.8) is 0 Å². The lowest BCUT2D eigenvalue weighted by Crippen LogP contribution is -2.19. The maximum Gasteiger partial charge on any atom is 0.573 e. The van der Waals surface area contributed by atoms with Gasteiger partial charge in [0.25, 0.3) is 0 Å². The average molecular weight is 370 g/mol. The summed E-state index contributed by atoms with van der Waals surface area (Å²) in [6, 6.07) is 3.13. The summed E-state index contributed by atoms with van der Waals surface area (Å²) >= 11 is 0. The van der Waals surface area contributed by atoms with Gasteiger partial charge in [0.05, 0.1) is 6.61 Å². The first kappa shape index (κ1) is 18.9. The topological polar surface area (TPSA) is 27.7 Å². The van der Waals surface area contributed by atoms with E-state index in [1.54, 1.807) is 13.0 Å². The van der Waals surface area contributed by atoms with Crippen molar-refractivity contribution in [2.45, 2.75) is 51.8 Å². The Morgan fingerprint density at radius 2 is 1.81 bits per heavy atom. The number of ether oxygens (including phenoxy) is 3.